The zero-order valence-electron chi connectivity index (χ0n) is 11.3. The molecule has 1 aromatic rings. The predicted octanol–water partition coefficient (Wildman–Crippen LogP) is 1.48. The summed E-state index contributed by atoms with van der Waals surface area (Å²) in [7, 11) is 4.38. The first kappa shape index (κ1) is 15.3. The molecule has 0 amide bonds. The molecule has 0 radical (unpaired) electrons. The zero-order chi connectivity index (χ0) is 14.1. The average molecular weight is 270 g/mol. The maximum absolute atomic E-state index is 11.6. The van der Waals surface area contributed by atoms with E-state index in [-0.39, 0.29) is 6.79 Å². The van der Waals surface area contributed by atoms with E-state index in [0.29, 0.717) is 30.3 Å². The summed E-state index contributed by atoms with van der Waals surface area (Å²) in [6, 6.07) is 4.87. The molecule has 1 rings (SSSR count). The van der Waals surface area contributed by atoms with Crippen LogP contribution in [0.25, 0.3) is 0 Å². The van der Waals surface area contributed by atoms with Crippen LogP contribution in [0.2, 0.25) is 0 Å². The number of hydrogen-bond acceptors (Lipinski definition) is 6. The summed E-state index contributed by atoms with van der Waals surface area (Å²) in [4.78, 5) is 11.6. The van der Waals surface area contributed by atoms with Gasteiger partial charge in [0.1, 0.15) is 17.1 Å². The van der Waals surface area contributed by atoms with Crippen molar-refractivity contribution in [1.82, 2.24) is 0 Å². The molecule has 0 aliphatic rings. The van der Waals surface area contributed by atoms with Crippen molar-refractivity contribution in [1.29, 1.82) is 0 Å². The maximum atomic E-state index is 11.6. The van der Waals surface area contributed by atoms with Crippen LogP contribution in [0.5, 0.6) is 11.5 Å². The fourth-order valence-electron chi connectivity index (χ4n) is 1.36. The fraction of sp³-hybridized carbons (Fsp3) is 0.462. The van der Waals surface area contributed by atoms with Crippen LogP contribution in [0, 0.1) is 0 Å². The maximum Gasteiger partial charge on any atom is 0.341 e. The molecule has 0 bridgehead atoms. The van der Waals surface area contributed by atoms with Gasteiger partial charge in [-0.2, -0.15) is 0 Å². The van der Waals surface area contributed by atoms with E-state index in [2.05, 4.69) is 4.74 Å². The Morgan fingerprint density at radius 2 is 1.95 bits per heavy atom. The SMILES string of the molecule is COCCOCOc1ccc(OC)c(C(=O)OC)c1. The Bertz CT molecular complexity index is 404. The predicted molar refractivity (Wildman–Crippen MR) is 67.7 cm³/mol. The minimum Gasteiger partial charge on any atom is -0.496 e. The molecule has 106 valence electrons. The lowest BCUT2D eigenvalue weighted by molar-refractivity contribution is -0.00855. The average Bonchev–Trinajstić information content (AvgIpc) is 2.46. The summed E-state index contributed by atoms with van der Waals surface area (Å²) in [6.07, 6.45) is 0. The van der Waals surface area contributed by atoms with Crippen LogP contribution < -0.4 is 9.47 Å². The molecule has 0 saturated carbocycles. The molecule has 19 heavy (non-hydrogen) atoms. The van der Waals surface area contributed by atoms with E-state index in [0.717, 1.165) is 0 Å². The summed E-state index contributed by atoms with van der Waals surface area (Å²) in [5, 5.41) is 0. The second-order valence-corrected chi connectivity index (χ2v) is 3.52. The number of methoxy groups -OCH3 is 3. The molecule has 0 aliphatic heterocycles. The van der Waals surface area contributed by atoms with Crippen molar-refractivity contribution >= 4 is 5.97 Å². The van der Waals surface area contributed by atoms with Crippen LogP contribution in [0.15, 0.2) is 18.2 Å². The third-order valence-corrected chi connectivity index (χ3v) is 2.32. The molecule has 0 fully saturated rings. The lowest BCUT2D eigenvalue weighted by Crippen LogP contribution is -2.09. The van der Waals surface area contributed by atoms with Gasteiger partial charge in [-0.15, -0.1) is 0 Å². The molecule has 6 heteroatoms. The molecule has 0 aliphatic carbocycles. The fourth-order valence-corrected chi connectivity index (χ4v) is 1.36. The highest BCUT2D eigenvalue weighted by molar-refractivity contribution is 5.92. The standard InChI is InChI=1S/C13H18O6/c1-15-6-7-18-9-19-10-4-5-12(16-2)11(8-10)13(14)17-3/h4-5,8H,6-7,9H2,1-3H3. The van der Waals surface area contributed by atoms with E-state index in [4.69, 9.17) is 18.9 Å². The highest BCUT2D eigenvalue weighted by Crippen LogP contribution is 2.24. The third-order valence-electron chi connectivity index (χ3n) is 2.32. The molecule has 6 nitrogen and oxygen atoms in total. The van der Waals surface area contributed by atoms with E-state index in [9.17, 15) is 4.79 Å². The van der Waals surface area contributed by atoms with Crippen molar-refractivity contribution < 1.29 is 28.5 Å². The highest BCUT2D eigenvalue weighted by atomic mass is 16.7. The van der Waals surface area contributed by atoms with Crippen molar-refractivity contribution in [2.24, 2.45) is 0 Å². The lowest BCUT2D eigenvalue weighted by atomic mass is 10.2. The first-order valence-corrected chi connectivity index (χ1v) is 5.68. The Labute approximate surface area is 112 Å². The minimum atomic E-state index is -0.484. The number of rotatable bonds is 8. The van der Waals surface area contributed by atoms with Gasteiger partial charge in [-0.25, -0.2) is 4.79 Å². The van der Waals surface area contributed by atoms with E-state index in [1.54, 1.807) is 25.3 Å². The van der Waals surface area contributed by atoms with Crippen molar-refractivity contribution in [3.8, 4) is 11.5 Å². The zero-order valence-corrected chi connectivity index (χ0v) is 11.3. The molecule has 0 saturated heterocycles. The Morgan fingerprint density at radius 1 is 1.16 bits per heavy atom. The largest absolute Gasteiger partial charge is 0.496 e. The number of esters is 1. The molecule has 0 atom stereocenters. The second kappa shape index (κ2) is 8.34. The second-order valence-electron chi connectivity index (χ2n) is 3.52. The van der Waals surface area contributed by atoms with Gasteiger partial charge in [0.15, 0.2) is 6.79 Å². The van der Waals surface area contributed by atoms with Crippen LogP contribution in [0.3, 0.4) is 0 Å². The van der Waals surface area contributed by atoms with Crippen molar-refractivity contribution in [2.45, 2.75) is 0 Å². The first-order valence-electron chi connectivity index (χ1n) is 5.68. The van der Waals surface area contributed by atoms with Gasteiger partial charge in [-0.05, 0) is 18.2 Å². The Morgan fingerprint density at radius 3 is 2.58 bits per heavy atom. The first-order chi connectivity index (χ1) is 9.22. The summed E-state index contributed by atoms with van der Waals surface area (Å²) in [5.41, 5.74) is 0.305. The lowest BCUT2D eigenvalue weighted by Gasteiger charge is -2.10. The van der Waals surface area contributed by atoms with E-state index in [1.807, 2.05) is 0 Å². The molecule has 1 aromatic carbocycles. The Hall–Kier alpha value is -1.79. The van der Waals surface area contributed by atoms with E-state index in [1.165, 1.54) is 14.2 Å². The quantitative estimate of drug-likeness (QED) is 0.405. The number of ether oxygens (including phenoxy) is 5. The van der Waals surface area contributed by atoms with Gasteiger partial charge < -0.3 is 23.7 Å². The Kier molecular flexibility index (Phi) is 6.70. The molecule has 0 aromatic heterocycles. The number of hydrogen-bond donors (Lipinski definition) is 0. The van der Waals surface area contributed by atoms with Crippen molar-refractivity contribution in [2.75, 3.05) is 41.3 Å². The summed E-state index contributed by atoms with van der Waals surface area (Å²) >= 11 is 0. The molecule has 0 heterocycles. The minimum absolute atomic E-state index is 0.0797. The summed E-state index contributed by atoms with van der Waals surface area (Å²) in [6.45, 7) is 1.02. The normalized spacial score (nSPS) is 10.1. The van der Waals surface area contributed by atoms with Gasteiger partial charge in [0.05, 0.1) is 27.4 Å². The smallest absolute Gasteiger partial charge is 0.341 e. The van der Waals surface area contributed by atoms with Crippen molar-refractivity contribution in [3.63, 3.8) is 0 Å². The number of carbonyl (C=O) groups is 1. The molecule has 0 spiro atoms. The number of benzene rings is 1. The van der Waals surface area contributed by atoms with Crippen LogP contribution in [-0.2, 0) is 14.2 Å². The summed E-state index contributed by atoms with van der Waals surface area (Å²) < 4.78 is 25.1. The van der Waals surface area contributed by atoms with Crippen LogP contribution in [-0.4, -0.2) is 47.3 Å². The van der Waals surface area contributed by atoms with Gasteiger partial charge in [-0.1, -0.05) is 0 Å². The van der Waals surface area contributed by atoms with Gasteiger partial charge in [0.25, 0.3) is 0 Å². The van der Waals surface area contributed by atoms with E-state index < -0.39 is 5.97 Å². The third kappa shape index (κ3) is 4.76. The highest BCUT2D eigenvalue weighted by Gasteiger charge is 2.13. The van der Waals surface area contributed by atoms with Crippen LogP contribution >= 0.6 is 0 Å². The van der Waals surface area contributed by atoms with Gasteiger partial charge in [0.2, 0.25) is 0 Å². The molecule has 0 unspecified atom stereocenters. The van der Waals surface area contributed by atoms with Gasteiger partial charge >= 0.3 is 5.97 Å². The van der Waals surface area contributed by atoms with E-state index >= 15 is 0 Å². The molecular formula is C13H18O6. The topological polar surface area (TPSA) is 63.2 Å². The van der Waals surface area contributed by atoms with Crippen LogP contribution in [0.1, 0.15) is 10.4 Å². The summed E-state index contributed by atoms with van der Waals surface area (Å²) in [5.74, 6) is 0.445. The van der Waals surface area contributed by atoms with Crippen LogP contribution in [0.4, 0.5) is 0 Å². The van der Waals surface area contributed by atoms with Gasteiger partial charge in [0, 0.05) is 7.11 Å². The molecular weight excluding hydrogens is 252 g/mol. The van der Waals surface area contributed by atoms with Crippen molar-refractivity contribution in [3.05, 3.63) is 23.8 Å². The van der Waals surface area contributed by atoms with Gasteiger partial charge in [-0.3, -0.25) is 0 Å². The number of carbonyl (C=O) groups excluding carboxylic acids is 1. The molecule has 0 N–H and O–H groups in total. The monoisotopic (exact) mass is 270 g/mol. The Balaban J connectivity index is 2.62.